The first-order valence-electron chi connectivity index (χ1n) is 8.85. The van der Waals surface area contributed by atoms with E-state index < -0.39 is 17.9 Å². The number of hydrazine groups is 1. The fourth-order valence-electron chi connectivity index (χ4n) is 2.86. The van der Waals surface area contributed by atoms with Crippen molar-refractivity contribution in [2.45, 2.75) is 6.10 Å². The molecule has 2 N–H and O–H groups in total. The Morgan fingerprint density at radius 3 is 2.14 bits per heavy atom. The van der Waals surface area contributed by atoms with E-state index in [0.717, 1.165) is 11.1 Å². The van der Waals surface area contributed by atoms with Crippen molar-refractivity contribution in [3.05, 3.63) is 84.4 Å². The highest BCUT2D eigenvalue weighted by Crippen LogP contribution is 2.30. The topological polar surface area (TPSA) is 76.7 Å². The maximum atomic E-state index is 12.3. The molecule has 4 rings (SSSR count). The molecule has 0 fully saturated rings. The number of amides is 2. The second kappa shape index (κ2) is 7.84. The maximum Gasteiger partial charge on any atom is 0.283 e. The lowest BCUT2D eigenvalue weighted by Gasteiger charge is -2.25. The summed E-state index contributed by atoms with van der Waals surface area (Å²) in [5.41, 5.74) is 7.30. The van der Waals surface area contributed by atoms with Gasteiger partial charge in [-0.1, -0.05) is 54.6 Å². The Morgan fingerprint density at radius 1 is 0.750 bits per heavy atom. The van der Waals surface area contributed by atoms with Crippen LogP contribution in [0.3, 0.4) is 0 Å². The van der Waals surface area contributed by atoms with Crippen LogP contribution in [0.15, 0.2) is 78.9 Å². The summed E-state index contributed by atoms with van der Waals surface area (Å²) in [6.07, 6.45) is -0.837. The van der Waals surface area contributed by atoms with Gasteiger partial charge in [0.15, 0.2) is 11.5 Å². The minimum Gasteiger partial charge on any atom is -0.485 e. The predicted molar refractivity (Wildman–Crippen MR) is 104 cm³/mol. The largest absolute Gasteiger partial charge is 0.485 e. The van der Waals surface area contributed by atoms with Crippen LogP contribution in [-0.4, -0.2) is 24.5 Å². The summed E-state index contributed by atoms with van der Waals surface area (Å²) in [5, 5.41) is 0. The van der Waals surface area contributed by atoms with E-state index in [0.29, 0.717) is 17.1 Å². The van der Waals surface area contributed by atoms with Crippen LogP contribution in [0, 0.1) is 0 Å². The number of hydrogen-bond acceptors (Lipinski definition) is 4. The van der Waals surface area contributed by atoms with Gasteiger partial charge in [0, 0.05) is 5.56 Å². The van der Waals surface area contributed by atoms with E-state index in [9.17, 15) is 9.59 Å². The van der Waals surface area contributed by atoms with Gasteiger partial charge in [0.25, 0.3) is 11.8 Å². The second-order valence-electron chi connectivity index (χ2n) is 6.25. The van der Waals surface area contributed by atoms with Gasteiger partial charge < -0.3 is 9.47 Å². The normalized spacial score (nSPS) is 14.8. The maximum absolute atomic E-state index is 12.3. The van der Waals surface area contributed by atoms with Crippen molar-refractivity contribution in [3.63, 3.8) is 0 Å². The molecule has 1 atom stereocenters. The first-order chi connectivity index (χ1) is 13.7. The van der Waals surface area contributed by atoms with E-state index in [-0.39, 0.29) is 6.61 Å². The van der Waals surface area contributed by atoms with Crippen LogP contribution in [0.25, 0.3) is 11.1 Å². The van der Waals surface area contributed by atoms with Crippen LogP contribution in [0.5, 0.6) is 11.5 Å². The number of fused-ring (bicyclic) bond motifs is 1. The summed E-state index contributed by atoms with van der Waals surface area (Å²) >= 11 is 0. The molecular weight excluding hydrogens is 356 g/mol. The van der Waals surface area contributed by atoms with Gasteiger partial charge in [-0.3, -0.25) is 20.4 Å². The summed E-state index contributed by atoms with van der Waals surface area (Å²) in [6.45, 7) is 0.0739. The molecule has 1 unspecified atom stereocenters. The van der Waals surface area contributed by atoms with Gasteiger partial charge in [0.2, 0.25) is 6.10 Å². The van der Waals surface area contributed by atoms with Crippen LogP contribution in [0.4, 0.5) is 0 Å². The van der Waals surface area contributed by atoms with Gasteiger partial charge in [-0.25, -0.2) is 0 Å². The van der Waals surface area contributed by atoms with Gasteiger partial charge >= 0.3 is 0 Å². The number of carbonyl (C=O) groups excluding carboxylic acids is 2. The molecule has 0 spiro atoms. The van der Waals surface area contributed by atoms with Crippen LogP contribution < -0.4 is 20.3 Å². The third-order valence-electron chi connectivity index (χ3n) is 4.35. The van der Waals surface area contributed by atoms with Crippen molar-refractivity contribution >= 4 is 11.8 Å². The molecule has 0 saturated heterocycles. The molecule has 0 aromatic heterocycles. The average Bonchev–Trinajstić information content (AvgIpc) is 2.77. The molecule has 140 valence electrons. The van der Waals surface area contributed by atoms with Crippen molar-refractivity contribution in [2.24, 2.45) is 0 Å². The molecule has 3 aromatic rings. The zero-order chi connectivity index (χ0) is 19.3. The smallest absolute Gasteiger partial charge is 0.283 e. The Bertz CT molecular complexity index is 987. The quantitative estimate of drug-likeness (QED) is 0.691. The van der Waals surface area contributed by atoms with Crippen molar-refractivity contribution in [1.82, 2.24) is 10.9 Å². The molecule has 1 aliphatic heterocycles. The molecule has 0 radical (unpaired) electrons. The average molecular weight is 374 g/mol. The van der Waals surface area contributed by atoms with Crippen LogP contribution in [0.1, 0.15) is 10.4 Å². The van der Waals surface area contributed by atoms with Gasteiger partial charge in [-0.15, -0.1) is 0 Å². The fraction of sp³-hybridized carbons (Fsp3) is 0.0909. The van der Waals surface area contributed by atoms with Gasteiger partial charge in [0.1, 0.15) is 6.61 Å². The Morgan fingerprint density at radius 2 is 1.39 bits per heavy atom. The van der Waals surface area contributed by atoms with Gasteiger partial charge in [-0.05, 0) is 35.4 Å². The zero-order valence-corrected chi connectivity index (χ0v) is 14.9. The SMILES string of the molecule is O=C(NNC(=O)C1COc2ccccc2O1)c1ccc(-c2ccccc2)cc1. The Hall–Kier alpha value is -3.80. The van der Waals surface area contributed by atoms with Gasteiger partial charge in [0.05, 0.1) is 0 Å². The van der Waals surface area contributed by atoms with Crippen LogP contribution in [-0.2, 0) is 4.79 Å². The van der Waals surface area contributed by atoms with E-state index in [1.807, 2.05) is 48.5 Å². The van der Waals surface area contributed by atoms with E-state index in [1.165, 1.54) is 0 Å². The van der Waals surface area contributed by atoms with Crippen LogP contribution in [0.2, 0.25) is 0 Å². The lowest BCUT2D eigenvalue weighted by atomic mass is 10.0. The van der Waals surface area contributed by atoms with Gasteiger partial charge in [-0.2, -0.15) is 0 Å². The summed E-state index contributed by atoms with van der Waals surface area (Å²) in [4.78, 5) is 24.5. The van der Waals surface area contributed by atoms with E-state index in [4.69, 9.17) is 9.47 Å². The van der Waals surface area contributed by atoms with E-state index in [1.54, 1.807) is 30.3 Å². The third kappa shape index (κ3) is 3.81. The molecule has 0 saturated carbocycles. The molecule has 0 bridgehead atoms. The van der Waals surface area contributed by atoms with Crippen molar-refractivity contribution in [3.8, 4) is 22.6 Å². The monoisotopic (exact) mass is 374 g/mol. The highest BCUT2D eigenvalue weighted by Gasteiger charge is 2.27. The number of ether oxygens (including phenoxy) is 2. The number of carbonyl (C=O) groups is 2. The highest BCUT2D eigenvalue weighted by molar-refractivity contribution is 5.96. The Labute approximate surface area is 162 Å². The fourth-order valence-corrected chi connectivity index (χ4v) is 2.86. The summed E-state index contributed by atoms with van der Waals surface area (Å²) in [5.74, 6) is 0.194. The molecule has 0 aliphatic carbocycles. The lowest BCUT2D eigenvalue weighted by Crippen LogP contribution is -2.50. The molecule has 2 amide bonds. The van der Waals surface area contributed by atoms with E-state index in [2.05, 4.69) is 10.9 Å². The molecular formula is C22H18N2O4. The standard InChI is InChI=1S/C22H18N2O4/c25-21(17-12-10-16(11-13-17)15-6-2-1-3-7-15)23-24-22(26)20-14-27-18-8-4-5-9-19(18)28-20/h1-13,20H,14H2,(H,23,25)(H,24,26). The molecule has 1 aliphatic rings. The number of nitrogens with one attached hydrogen (secondary N) is 2. The van der Waals surface area contributed by atoms with E-state index >= 15 is 0 Å². The first-order valence-corrected chi connectivity index (χ1v) is 8.85. The first kappa shape index (κ1) is 17.6. The lowest BCUT2D eigenvalue weighted by molar-refractivity contribution is -0.131. The third-order valence-corrected chi connectivity index (χ3v) is 4.35. The Kier molecular flexibility index (Phi) is 4.93. The Balaban J connectivity index is 1.34. The summed E-state index contributed by atoms with van der Waals surface area (Å²) < 4.78 is 11.1. The number of benzene rings is 3. The molecule has 3 aromatic carbocycles. The highest BCUT2D eigenvalue weighted by atomic mass is 16.6. The predicted octanol–water partition coefficient (Wildman–Crippen LogP) is 2.95. The second-order valence-corrected chi connectivity index (χ2v) is 6.25. The number of hydrogen-bond donors (Lipinski definition) is 2. The van der Waals surface area contributed by atoms with Crippen LogP contribution >= 0.6 is 0 Å². The number of para-hydroxylation sites is 2. The summed E-state index contributed by atoms with van der Waals surface area (Å²) in [6, 6.07) is 24.1. The molecule has 6 heteroatoms. The molecule has 28 heavy (non-hydrogen) atoms. The van der Waals surface area contributed by atoms with Crippen molar-refractivity contribution in [2.75, 3.05) is 6.61 Å². The minimum atomic E-state index is -0.837. The van der Waals surface area contributed by atoms with Crippen molar-refractivity contribution in [1.29, 1.82) is 0 Å². The van der Waals surface area contributed by atoms with Crippen molar-refractivity contribution < 1.29 is 19.1 Å². The molecule has 1 heterocycles. The minimum absolute atomic E-state index is 0.0739. The number of rotatable bonds is 3. The molecule has 6 nitrogen and oxygen atoms in total. The summed E-state index contributed by atoms with van der Waals surface area (Å²) in [7, 11) is 0. The zero-order valence-electron chi connectivity index (χ0n) is 14.9.